The summed E-state index contributed by atoms with van der Waals surface area (Å²) in [5.74, 6) is 0.516. The number of nitrogens with two attached hydrogens (primary N) is 1. The zero-order chi connectivity index (χ0) is 11.7. The summed E-state index contributed by atoms with van der Waals surface area (Å²) in [6, 6.07) is 3.23. The van der Waals surface area contributed by atoms with Gasteiger partial charge in [-0.05, 0) is 26.0 Å². The van der Waals surface area contributed by atoms with Crippen LogP contribution >= 0.6 is 0 Å². The van der Waals surface area contributed by atoms with Crippen LogP contribution in [-0.2, 0) is 4.74 Å². The van der Waals surface area contributed by atoms with E-state index in [1.165, 1.54) is 0 Å². The van der Waals surface area contributed by atoms with Gasteiger partial charge in [0.05, 0.1) is 17.4 Å². The number of anilines is 1. The summed E-state index contributed by atoms with van der Waals surface area (Å²) in [4.78, 5) is 11.7. The zero-order valence-electron chi connectivity index (χ0n) is 9.15. The average molecular weight is 223 g/mol. The molecule has 1 aromatic carbocycles. The van der Waals surface area contributed by atoms with Crippen molar-refractivity contribution < 1.29 is 19.0 Å². The van der Waals surface area contributed by atoms with Crippen molar-refractivity contribution in [1.29, 1.82) is 0 Å². The Hall–Kier alpha value is -1.91. The first-order chi connectivity index (χ1) is 7.59. The Balaban J connectivity index is 2.32. The molecule has 0 radical (unpaired) electrons. The second kappa shape index (κ2) is 3.92. The Morgan fingerprint density at radius 1 is 1.44 bits per heavy atom. The minimum absolute atomic E-state index is 0.127. The fourth-order valence-electron chi connectivity index (χ4n) is 1.45. The molecule has 1 aliphatic heterocycles. The van der Waals surface area contributed by atoms with Gasteiger partial charge in [0.2, 0.25) is 6.79 Å². The van der Waals surface area contributed by atoms with Gasteiger partial charge in [-0.2, -0.15) is 0 Å². The predicted octanol–water partition coefficient (Wildman–Crippen LogP) is 1.56. The summed E-state index contributed by atoms with van der Waals surface area (Å²) in [6.45, 7) is 3.68. The molecule has 86 valence electrons. The van der Waals surface area contributed by atoms with E-state index in [1.54, 1.807) is 26.0 Å². The second-order valence-corrected chi connectivity index (χ2v) is 3.71. The average Bonchev–Trinajstić information content (AvgIpc) is 2.65. The molecule has 0 atom stereocenters. The number of esters is 1. The van der Waals surface area contributed by atoms with Gasteiger partial charge in [-0.25, -0.2) is 4.79 Å². The lowest BCUT2D eigenvalue weighted by atomic mass is 10.1. The number of rotatable bonds is 2. The predicted molar refractivity (Wildman–Crippen MR) is 57.5 cm³/mol. The maximum absolute atomic E-state index is 11.7. The first-order valence-corrected chi connectivity index (χ1v) is 4.98. The first kappa shape index (κ1) is 10.6. The van der Waals surface area contributed by atoms with E-state index in [2.05, 4.69) is 0 Å². The fourth-order valence-corrected chi connectivity index (χ4v) is 1.45. The molecule has 5 heteroatoms. The first-order valence-electron chi connectivity index (χ1n) is 4.98. The van der Waals surface area contributed by atoms with Gasteiger partial charge in [0.15, 0.2) is 11.5 Å². The number of nitrogen functional groups attached to an aromatic ring is 1. The van der Waals surface area contributed by atoms with Gasteiger partial charge in [0.25, 0.3) is 0 Å². The molecule has 1 aromatic rings. The van der Waals surface area contributed by atoms with Crippen LogP contribution in [0, 0.1) is 0 Å². The van der Waals surface area contributed by atoms with Crippen LogP contribution in [0.25, 0.3) is 0 Å². The molecule has 0 spiro atoms. The van der Waals surface area contributed by atoms with Crippen LogP contribution in [0.3, 0.4) is 0 Å². The van der Waals surface area contributed by atoms with Crippen LogP contribution in [0.15, 0.2) is 12.1 Å². The molecule has 0 bridgehead atoms. The van der Waals surface area contributed by atoms with Gasteiger partial charge in [0, 0.05) is 0 Å². The highest BCUT2D eigenvalue weighted by atomic mass is 16.7. The fraction of sp³-hybridized carbons (Fsp3) is 0.364. The summed E-state index contributed by atoms with van der Waals surface area (Å²) in [5, 5.41) is 0. The van der Waals surface area contributed by atoms with Crippen molar-refractivity contribution in [3.05, 3.63) is 17.7 Å². The van der Waals surface area contributed by atoms with Crippen molar-refractivity contribution in [1.82, 2.24) is 0 Å². The Morgan fingerprint density at radius 2 is 2.19 bits per heavy atom. The van der Waals surface area contributed by atoms with Crippen LogP contribution < -0.4 is 15.2 Å². The van der Waals surface area contributed by atoms with Gasteiger partial charge < -0.3 is 19.9 Å². The molecule has 0 unspecified atom stereocenters. The van der Waals surface area contributed by atoms with E-state index in [1.807, 2.05) is 0 Å². The Labute approximate surface area is 93.1 Å². The van der Waals surface area contributed by atoms with Crippen LogP contribution in [0.4, 0.5) is 5.69 Å². The highest BCUT2D eigenvalue weighted by Gasteiger charge is 2.23. The van der Waals surface area contributed by atoms with Gasteiger partial charge >= 0.3 is 5.97 Å². The van der Waals surface area contributed by atoms with E-state index in [4.69, 9.17) is 19.9 Å². The third-order valence-electron chi connectivity index (χ3n) is 2.14. The normalized spacial score (nSPS) is 12.9. The minimum atomic E-state index is -0.453. The SMILES string of the molecule is CC(C)OC(=O)c1ccc2c(c1N)OCO2. The third kappa shape index (κ3) is 1.76. The van der Waals surface area contributed by atoms with Crippen molar-refractivity contribution in [2.24, 2.45) is 0 Å². The number of hydrogen-bond donors (Lipinski definition) is 1. The van der Waals surface area contributed by atoms with Gasteiger partial charge in [0.1, 0.15) is 0 Å². The molecule has 2 N–H and O–H groups in total. The van der Waals surface area contributed by atoms with Crippen LogP contribution in [0.1, 0.15) is 24.2 Å². The molecule has 1 heterocycles. The van der Waals surface area contributed by atoms with Gasteiger partial charge in [-0.15, -0.1) is 0 Å². The lowest BCUT2D eigenvalue weighted by Crippen LogP contribution is -2.13. The summed E-state index contributed by atoms with van der Waals surface area (Å²) < 4.78 is 15.4. The Bertz CT molecular complexity index is 428. The lowest BCUT2D eigenvalue weighted by Gasteiger charge is -2.10. The maximum Gasteiger partial charge on any atom is 0.340 e. The van der Waals surface area contributed by atoms with Crippen molar-refractivity contribution in [3.8, 4) is 11.5 Å². The third-order valence-corrected chi connectivity index (χ3v) is 2.14. The lowest BCUT2D eigenvalue weighted by molar-refractivity contribution is 0.0379. The van der Waals surface area contributed by atoms with E-state index in [-0.39, 0.29) is 18.6 Å². The Kier molecular flexibility index (Phi) is 2.60. The smallest absolute Gasteiger partial charge is 0.340 e. The van der Waals surface area contributed by atoms with Crippen LogP contribution in [0.5, 0.6) is 11.5 Å². The molecule has 0 fully saturated rings. The van der Waals surface area contributed by atoms with Crippen LogP contribution in [0.2, 0.25) is 0 Å². The largest absolute Gasteiger partial charge is 0.459 e. The number of carbonyl (C=O) groups is 1. The molecule has 2 rings (SSSR count). The summed E-state index contributed by atoms with van der Waals surface area (Å²) in [5.41, 5.74) is 6.37. The van der Waals surface area contributed by atoms with E-state index < -0.39 is 5.97 Å². The number of ether oxygens (including phenoxy) is 3. The van der Waals surface area contributed by atoms with E-state index in [0.717, 1.165) is 0 Å². The molecule has 0 amide bonds. The Morgan fingerprint density at radius 3 is 2.88 bits per heavy atom. The van der Waals surface area contributed by atoms with Gasteiger partial charge in [-0.3, -0.25) is 0 Å². The van der Waals surface area contributed by atoms with Crippen molar-refractivity contribution >= 4 is 11.7 Å². The second-order valence-electron chi connectivity index (χ2n) is 3.71. The molecule has 0 aliphatic carbocycles. The summed E-state index contributed by atoms with van der Waals surface area (Å²) in [7, 11) is 0. The molecular weight excluding hydrogens is 210 g/mol. The molecule has 0 aromatic heterocycles. The molecule has 0 saturated heterocycles. The highest BCUT2D eigenvalue weighted by Crippen LogP contribution is 2.39. The van der Waals surface area contributed by atoms with Crippen molar-refractivity contribution in [3.63, 3.8) is 0 Å². The minimum Gasteiger partial charge on any atom is -0.459 e. The number of fused-ring (bicyclic) bond motifs is 1. The van der Waals surface area contributed by atoms with Crippen LogP contribution in [-0.4, -0.2) is 18.9 Å². The topological polar surface area (TPSA) is 70.8 Å². The van der Waals surface area contributed by atoms with Crippen molar-refractivity contribution in [2.75, 3.05) is 12.5 Å². The molecule has 1 aliphatic rings. The monoisotopic (exact) mass is 223 g/mol. The van der Waals surface area contributed by atoms with E-state index >= 15 is 0 Å². The molecule has 5 nitrogen and oxygen atoms in total. The molecule has 16 heavy (non-hydrogen) atoms. The molecule has 0 saturated carbocycles. The van der Waals surface area contributed by atoms with Gasteiger partial charge in [-0.1, -0.05) is 0 Å². The quantitative estimate of drug-likeness (QED) is 0.608. The number of carbonyl (C=O) groups excluding carboxylic acids is 1. The van der Waals surface area contributed by atoms with E-state index in [0.29, 0.717) is 17.1 Å². The summed E-state index contributed by atoms with van der Waals surface area (Å²) in [6.07, 6.45) is -0.183. The highest BCUT2D eigenvalue weighted by molar-refractivity contribution is 5.97. The maximum atomic E-state index is 11.7. The number of hydrogen-bond acceptors (Lipinski definition) is 5. The standard InChI is InChI=1S/C11H13NO4/c1-6(2)16-11(13)7-3-4-8-10(9(7)12)15-5-14-8/h3-4,6H,5,12H2,1-2H3. The van der Waals surface area contributed by atoms with Crippen molar-refractivity contribution in [2.45, 2.75) is 20.0 Å². The zero-order valence-corrected chi connectivity index (χ0v) is 9.15. The molecular formula is C11H13NO4. The number of benzene rings is 1. The summed E-state index contributed by atoms with van der Waals surface area (Å²) >= 11 is 0. The van der Waals surface area contributed by atoms with E-state index in [9.17, 15) is 4.79 Å².